The van der Waals surface area contributed by atoms with E-state index in [0.717, 1.165) is 5.56 Å². The number of rotatable bonds is 2. The van der Waals surface area contributed by atoms with E-state index in [1.807, 2.05) is 13.0 Å². The summed E-state index contributed by atoms with van der Waals surface area (Å²) in [6.45, 7) is 3.01. The second kappa shape index (κ2) is 4.81. The molecule has 1 aliphatic rings. The highest BCUT2D eigenvalue weighted by Gasteiger charge is 2.32. The third-order valence-electron chi connectivity index (χ3n) is 3.18. The molecule has 0 radical (unpaired) electrons. The minimum Gasteiger partial charge on any atom is -0.390 e. The van der Waals surface area contributed by atoms with Crippen molar-refractivity contribution in [2.45, 2.75) is 19.1 Å². The molecule has 0 spiro atoms. The molecular formula is C12H17N3O2. The summed E-state index contributed by atoms with van der Waals surface area (Å²) in [5.41, 5.74) is 1.30. The van der Waals surface area contributed by atoms with Crippen LogP contribution in [0, 0.1) is 6.92 Å². The Bertz CT molecular complexity index is 422. The number of amides is 1. The first-order valence-electron chi connectivity index (χ1n) is 5.69. The van der Waals surface area contributed by atoms with Crippen molar-refractivity contribution in [3.8, 4) is 0 Å². The number of carbonyl (C=O) groups is 1. The number of nitrogens with zero attached hydrogens (tertiary/aromatic N) is 2. The van der Waals surface area contributed by atoms with Gasteiger partial charge in [0.05, 0.1) is 12.1 Å². The summed E-state index contributed by atoms with van der Waals surface area (Å²) in [6.07, 6.45) is 1.10. The summed E-state index contributed by atoms with van der Waals surface area (Å²) < 4.78 is 0. The first-order valence-corrected chi connectivity index (χ1v) is 5.69. The number of β-amino-alcohol motifs (C(OH)–C–C–N with tert-alkyl or cyclic N) is 1. The zero-order chi connectivity index (χ0) is 12.4. The molecular weight excluding hydrogens is 218 g/mol. The maximum absolute atomic E-state index is 12.2. The second-order valence-corrected chi connectivity index (χ2v) is 4.38. The highest BCUT2D eigenvalue weighted by molar-refractivity contribution is 5.93. The van der Waals surface area contributed by atoms with Crippen LogP contribution >= 0.6 is 0 Å². The van der Waals surface area contributed by atoms with Gasteiger partial charge in [-0.15, -0.1) is 0 Å². The molecule has 0 aromatic carbocycles. The van der Waals surface area contributed by atoms with Crippen molar-refractivity contribution in [2.75, 3.05) is 20.1 Å². The fourth-order valence-electron chi connectivity index (χ4n) is 2.07. The van der Waals surface area contributed by atoms with Gasteiger partial charge >= 0.3 is 0 Å². The monoisotopic (exact) mass is 235 g/mol. The zero-order valence-electron chi connectivity index (χ0n) is 10.1. The van der Waals surface area contributed by atoms with E-state index in [1.165, 1.54) is 0 Å². The number of hydrogen-bond donors (Lipinski definition) is 2. The maximum Gasteiger partial charge on any atom is 0.272 e. The molecule has 1 aliphatic heterocycles. The molecule has 1 aromatic heterocycles. The predicted octanol–water partition coefficient (Wildman–Crippen LogP) is -0.205. The van der Waals surface area contributed by atoms with Crippen molar-refractivity contribution in [1.29, 1.82) is 0 Å². The first-order chi connectivity index (χ1) is 8.11. The summed E-state index contributed by atoms with van der Waals surface area (Å²) in [4.78, 5) is 17.9. The molecule has 5 nitrogen and oxygen atoms in total. The molecule has 1 fully saturated rings. The average Bonchev–Trinajstić information content (AvgIpc) is 2.74. The topological polar surface area (TPSA) is 65.5 Å². The van der Waals surface area contributed by atoms with Crippen LogP contribution in [0.15, 0.2) is 18.3 Å². The van der Waals surface area contributed by atoms with Crippen LogP contribution in [0.1, 0.15) is 16.1 Å². The van der Waals surface area contributed by atoms with Gasteiger partial charge in [-0.25, -0.2) is 0 Å². The van der Waals surface area contributed by atoms with Crippen LogP contribution in [0.3, 0.4) is 0 Å². The van der Waals surface area contributed by atoms with Gasteiger partial charge in [0, 0.05) is 26.3 Å². The largest absolute Gasteiger partial charge is 0.390 e. The average molecular weight is 235 g/mol. The van der Waals surface area contributed by atoms with Gasteiger partial charge in [-0.05, 0) is 18.6 Å². The van der Waals surface area contributed by atoms with Gasteiger partial charge in [-0.1, -0.05) is 6.07 Å². The van der Waals surface area contributed by atoms with E-state index in [1.54, 1.807) is 24.2 Å². The van der Waals surface area contributed by atoms with E-state index in [0.29, 0.717) is 18.8 Å². The van der Waals surface area contributed by atoms with Crippen LogP contribution < -0.4 is 5.32 Å². The van der Waals surface area contributed by atoms with E-state index < -0.39 is 6.10 Å². The summed E-state index contributed by atoms with van der Waals surface area (Å²) in [5, 5.41) is 12.8. The first kappa shape index (κ1) is 12.0. The molecule has 92 valence electrons. The number of likely N-dealkylation sites (N-methyl/N-ethyl adjacent to an activating group) is 1. The summed E-state index contributed by atoms with van der Waals surface area (Å²) in [5.74, 6) is -0.143. The minimum absolute atomic E-state index is 0.143. The van der Waals surface area contributed by atoms with Gasteiger partial charge in [0.1, 0.15) is 5.69 Å². The number of aromatic nitrogens is 1. The Labute approximate surface area is 100 Å². The van der Waals surface area contributed by atoms with Gasteiger partial charge in [0.25, 0.3) is 5.91 Å². The van der Waals surface area contributed by atoms with Gasteiger partial charge in [-0.3, -0.25) is 9.78 Å². The van der Waals surface area contributed by atoms with E-state index in [4.69, 9.17) is 0 Å². The Morgan fingerprint density at radius 1 is 1.59 bits per heavy atom. The molecule has 2 heterocycles. The molecule has 2 rings (SSSR count). The Balaban J connectivity index is 2.17. The third kappa shape index (κ3) is 2.30. The van der Waals surface area contributed by atoms with Crippen molar-refractivity contribution >= 4 is 5.91 Å². The standard InChI is InChI=1S/C12H17N3O2/c1-8-4-3-5-14-11(8)12(17)15(2)9-6-13-7-10(9)16/h3-5,9-10,13,16H,6-7H2,1-2H3/t9-,10-/m0/s1. The number of carbonyl (C=O) groups excluding carboxylic acids is 1. The molecule has 2 N–H and O–H groups in total. The molecule has 1 amide bonds. The fourth-order valence-corrected chi connectivity index (χ4v) is 2.07. The van der Waals surface area contributed by atoms with E-state index in [-0.39, 0.29) is 11.9 Å². The predicted molar refractivity (Wildman–Crippen MR) is 63.7 cm³/mol. The Hall–Kier alpha value is -1.46. The van der Waals surface area contributed by atoms with Crippen molar-refractivity contribution in [2.24, 2.45) is 0 Å². The Kier molecular flexibility index (Phi) is 3.40. The smallest absolute Gasteiger partial charge is 0.272 e. The lowest BCUT2D eigenvalue weighted by atomic mass is 10.1. The molecule has 17 heavy (non-hydrogen) atoms. The second-order valence-electron chi connectivity index (χ2n) is 4.38. The van der Waals surface area contributed by atoms with Gasteiger partial charge in [0.15, 0.2) is 0 Å². The fraction of sp³-hybridized carbons (Fsp3) is 0.500. The molecule has 1 saturated heterocycles. The lowest BCUT2D eigenvalue weighted by Crippen LogP contribution is -2.44. The quantitative estimate of drug-likeness (QED) is 0.745. The molecule has 0 unspecified atom stereocenters. The number of hydrogen-bond acceptors (Lipinski definition) is 4. The van der Waals surface area contributed by atoms with Crippen LogP contribution in [0.4, 0.5) is 0 Å². The van der Waals surface area contributed by atoms with E-state index in [2.05, 4.69) is 10.3 Å². The van der Waals surface area contributed by atoms with Crippen LogP contribution in [0.5, 0.6) is 0 Å². The third-order valence-corrected chi connectivity index (χ3v) is 3.18. The highest BCUT2D eigenvalue weighted by Crippen LogP contribution is 2.13. The molecule has 0 saturated carbocycles. The number of aryl methyl sites for hydroxylation is 1. The molecule has 0 aliphatic carbocycles. The van der Waals surface area contributed by atoms with Gasteiger partial charge in [0.2, 0.25) is 0 Å². The van der Waals surface area contributed by atoms with Crippen molar-refractivity contribution in [3.05, 3.63) is 29.6 Å². The normalized spacial score (nSPS) is 23.7. The molecule has 5 heteroatoms. The van der Waals surface area contributed by atoms with Crippen LogP contribution in [-0.2, 0) is 0 Å². The number of nitrogens with one attached hydrogen (secondary N) is 1. The van der Waals surface area contributed by atoms with Crippen molar-refractivity contribution < 1.29 is 9.90 Å². The van der Waals surface area contributed by atoms with Crippen LogP contribution in [-0.4, -0.2) is 53.2 Å². The zero-order valence-corrected chi connectivity index (χ0v) is 10.1. The highest BCUT2D eigenvalue weighted by atomic mass is 16.3. The minimum atomic E-state index is -0.507. The lowest BCUT2D eigenvalue weighted by Gasteiger charge is -2.26. The number of aliphatic hydroxyl groups is 1. The summed E-state index contributed by atoms with van der Waals surface area (Å²) in [7, 11) is 1.71. The Morgan fingerprint density at radius 2 is 2.35 bits per heavy atom. The Morgan fingerprint density at radius 3 is 2.94 bits per heavy atom. The van der Waals surface area contributed by atoms with Gasteiger partial charge in [-0.2, -0.15) is 0 Å². The van der Waals surface area contributed by atoms with Gasteiger partial charge < -0.3 is 15.3 Å². The van der Waals surface area contributed by atoms with E-state index >= 15 is 0 Å². The summed E-state index contributed by atoms with van der Waals surface area (Å²) in [6, 6.07) is 3.49. The molecule has 0 bridgehead atoms. The molecule has 2 atom stereocenters. The van der Waals surface area contributed by atoms with Crippen LogP contribution in [0.2, 0.25) is 0 Å². The van der Waals surface area contributed by atoms with Crippen LogP contribution in [0.25, 0.3) is 0 Å². The number of pyridine rings is 1. The molecule has 1 aromatic rings. The van der Waals surface area contributed by atoms with Crippen molar-refractivity contribution in [3.63, 3.8) is 0 Å². The maximum atomic E-state index is 12.2. The summed E-state index contributed by atoms with van der Waals surface area (Å²) >= 11 is 0. The number of aliphatic hydroxyl groups excluding tert-OH is 1. The van der Waals surface area contributed by atoms with Crippen molar-refractivity contribution in [1.82, 2.24) is 15.2 Å². The lowest BCUT2D eigenvalue weighted by molar-refractivity contribution is 0.0575. The van der Waals surface area contributed by atoms with E-state index in [9.17, 15) is 9.90 Å². The SMILES string of the molecule is Cc1cccnc1C(=O)N(C)[C@H]1CNC[C@@H]1O.